The van der Waals surface area contributed by atoms with Crippen LogP contribution in [0.1, 0.15) is 34.6 Å². The summed E-state index contributed by atoms with van der Waals surface area (Å²) in [5.74, 6) is 1.72. The summed E-state index contributed by atoms with van der Waals surface area (Å²) in [5.41, 5.74) is 0.569. The van der Waals surface area contributed by atoms with Crippen LogP contribution in [-0.4, -0.2) is 48.6 Å². The van der Waals surface area contributed by atoms with Crippen LogP contribution in [-0.2, 0) is 0 Å². The first-order chi connectivity index (χ1) is 7.40. The van der Waals surface area contributed by atoms with Crippen LogP contribution in [0.15, 0.2) is 0 Å². The van der Waals surface area contributed by atoms with Gasteiger partial charge in [0.15, 0.2) is 0 Å². The molecule has 0 aromatic heterocycles. The smallest absolute Gasteiger partial charge is 0.00540 e. The molecule has 0 bridgehead atoms. The molecule has 0 amide bonds. The SMILES string of the molecule is CC(C)CN1CC2CN(C(C)C)CC2(C)C1. The van der Waals surface area contributed by atoms with Crippen molar-refractivity contribution in [2.24, 2.45) is 17.3 Å². The molecule has 2 fully saturated rings. The van der Waals surface area contributed by atoms with Crippen LogP contribution < -0.4 is 0 Å². The van der Waals surface area contributed by atoms with Crippen LogP contribution >= 0.6 is 0 Å². The first-order valence-corrected chi connectivity index (χ1v) is 6.87. The molecule has 0 aromatic rings. The van der Waals surface area contributed by atoms with Gasteiger partial charge in [0.1, 0.15) is 0 Å². The van der Waals surface area contributed by atoms with Crippen molar-refractivity contribution in [1.82, 2.24) is 9.80 Å². The molecule has 2 nitrogen and oxygen atoms in total. The van der Waals surface area contributed by atoms with Crippen LogP contribution in [0, 0.1) is 17.3 Å². The lowest BCUT2D eigenvalue weighted by Crippen LogP contribution is -2.36. The number of hydrogen-bond donors (Lipinski definition) is 0. The molecule has 2 atom stereocenters. The van der Waals surface area contributed by atoms with Gasteiger partial charge in [0, 0.05) is 38.8 Å². The summed E-state index contributed by atoms with van der Waals surface area (Å²) in [6.45, 7) is 18.4. The Bertz CT molecular complexity index is 249. The molecular formula is C14H28N2. The van der Waals surface area contributed by atoms with Crippen LogP contribution in [0.3, 0.4) is 0 Å². The highest BCUT2D eigenvalue weighted by molar-refractivity contribution is 5.02. The molecule has 94 valence electrons. The van der Waals surface area contributed by atoms with E-state index in [1.54, 1.807) is 0 Å². The predicted molar refractivity (Wildman–Crippen MR) is 69.6 cm³/mol. The number of hydrogen-bond acceptors (Lipinski definition) is 2. The van der Waals surface area contributed by atoms with Crippen LogP contribution in [0.4, 0.5) is 0 Å². The highest BCUT2D eigenvalue weighted by atomic mass is 15.3. The molecule has 16 heavy (non-hydrogen) atoms. The summed E-state index contributed by atoms with van der Waals surface area (Å²) < 4.78 is 0. The van der Waals surface area contributed by atoms with E-state index in [1.807, 2.05) is 0 Å². The van der Waals surface area contributed by atoms with E-state index in [4.69, 9.17) is 0 Å². The predicted octanol–water partition coefficient (Wildman–Crippen LogP) is 2.30. The van der Waals surface area contributed by atoms with Crippen molar-refractivity contribution >= 4 is 0 Å². The highest BCUT2D eigenvalue weighted by Crippen LogP contribution is 2.42. The number of fused-ring (bicyclic) bond motifs is 1. The van der Waals surface area contributed by atoms with E-state index in [-0.39, 0.29) is 0 Å². The van der Waals surface area contributed by atoms with E-state index >= 15 is 0 Å². The summed E-state index contributed by atoms with van der Waals surface area (Å²) in [5, 5.41) is 0. The summed E-state index contributed by atoms with van der Waals surface area (Å²) in [4.78, 5) is 5.35. The molecule has 2 heteroatoms. The van der Waals surface area contributed by atoms with Crippen molar-refractivity contribution in [3.63, 3.8) is 0 Å². The quantitative estimate of drug-likeness (QED) is 0.726. The van der Waals surface area contributed by atoms with Gasteiger partial charge in [-0.2, -0.15) is 0 Å². The molecular weight excluding hydrogens is 196 g/mol. The highest BCUT2D eigenvalue weighted by Gasteiger charge is 2.49. The topological polar surface area (TPSA) is 6.48 Å². The van der Waals surface area contributed by atoms with Crippen molar-refractivity contribution in [2.45, 2.75) is 40.7 Å². The molecule has 2 aliphatic rings. The molecule has 2 unspecified atom stereocenters. The summed E-state index contributed by atoms with van der Waals surface area (Å²) in [6, 6.07) is 0.723. The summed E-state index contributed by atoms with van der Waals surface area (Å²) >= 11 is 0. The van der Waals surface area contributed by atoms with E-state index in [9.17, 15) is 0 Å². The van der Waals surface area contributed by atoms with Gasteiger partial charge < -0.3 is 4.90 Å². The van der Waals surface area contributed by atoms with Gasteiger partial charge in [0.25, 0.3) is 0 Å². The van der Waals surface area contributed by atoms with Crippen molar-refractivity contribution in [2.75, 3.05) is 32.7 Å². The van der Waals surface area contributed by atoms with Gasteiger partial charge in [-0.05, 0) is 31.1 Å². The Morgan fingerprint density at radius 3 is 2.31 bits per heavy atom. The third-order valence-electron chi connectivity index (χ3n) is 4.42. The zero-order valence-corrected chi connectivity index (χ0v) is 11.7. The lowest BCUT2D eigenvalue weighted by Gasteiger charge is -2.28. The lowest BCUT2D eigenvalue weighted by molar-refractivity contribution is 0.191. The van der Waals surface area contributed by atoms with E-state index in [0.717, 1.165) is 17.9 Å². The fraction of sp³-hybridized carbons (Fsp3) is 1.00. The molecule has 2 aliphatic heterocycles. The minimum Gasteiger partial charge on any atom is -0.302 e. The molecule has 2 saturated heterocycles. The van der Waals surface area contributed by atoms with E-state index < -0.39 is 0 Å². The maximum Gasteiger partial charge on any atom is 0.00540 e. The fourth-order valence-corrected chi connectivity index (χ4v) is 3.55. The first-order valence-electron chi connectivity index (χ1n) is 6.87. The number of likely N-dealkylation sites (tertiary alicyclic amines) is 2. The van der Waals surface area contributed by atoms with Gasteiger partial charge in [0.2, 0.25) is 0 Å². The van der Waals surface area contributed by atoms with Crippen molar-refractivity contribution in [3.8, 4) is 0 Å². The lowest BCUT2D eigenvalue weighted by atomic mass is 9.83. The fourth-order valence-electron chi connectivity index (χ4n) is 3.55. The molecule has 0 saturated carbocycles. The second-order valence-corrected chi connectivity index (χ2v) is 6.96. The molecule has 2 rings (SSSR count). The maximum absolute atomic E-state index is 2.69. The Hall–Kier alpha value is -0.0800. The minimum absolute atomic E-state index is 0.569. The molecule has 0 spiro atoms. The number of nitrogens with zero attached hydrogens (tertiary/aromatic N) is 2. The maximum atomic E-state index is 2.69. The molecule has 0 N–H and O–H groups in total. The van der Waals surface area contributed by atoms with Gasteiger partial charge in [-0.15, -0.1) is 0 Å². The van der Waals surface area contributed by atoms with Crippen LogP contribution in [0.2, 0.25) is 0 Å². The van der Waals surface area contributed by atoms with Crippen molar-refractivity contribution in [1.29, 1.82) is 0 Å². The first kappa shape index (κ1) is 12.4. The van der Waals surface area contributed by atoms with Crippen molar-refractivity contribution in [3.05, 3.63) is 0 Å². The van der Waals surface area contributed by atoms with Gasteiger partial charge >= 0.3 is 0 Å². The average molecular weight is 224 g/mol. The molecule has 0 radical (unpaired) electrons. The Morgan fingerprint density at radius 1 is 1.12 bits per heavy atom. The normalized spacial score (nSPS) is 36.6. The van der Waals surface area contributed by atoms with Gasteiger partial charge in [-0.1, -0.05) is 20.8 Å². The Morgan fingerprint density at radius 2 is 1.81 bits per heavy atom. The molecule has 2 heterocycles. The average Bonchev–Trinajstić information content (AvgIpc) is 2.54. The van der Waals surface area contributed by atoms with Gasteiger partial charge in [-0.25, -0.2) is 0 Å². The number of rotatable bonds is 3. The Kier molecular flexibility index (Phi) is 3.33. The summed E-state index contributed by atoms with van der Waals surface area (Å²) in [6.07, 6.45) is 0. The second kappa shape index (κ2) is 4.30. The third kappa shape index (κ3) is 2.28. The minimum atomic E-state index is 0.569. The molecule has 0 aromatic carbocycles. The largest absolute Gasteiger partial charge is 0.302 e. The Labute approximate surface area is 101 Å². The zero-order chi connectivity index (χ0) is 11.9. The zero-order valence-electron chi connectivity index (χ0n) is 11.7. The third-order valence-corrected chi connectivity index (χ3v) is 4.42. The van der Waals surface area contributed by atoms with Crippen molar-refractivity contribution < 1.29 is 0 Å². The van der Waals surface area contributed by atoms with Crippen LogP contribution in [0.5, 0.6) is 0 Å². The van der Waals surface area contributed by atoms with E-state index in [0.29, 0.717) is 5.41 Å². The van der Waals surface area contributed by atoms with Crippen LogP contribution in [0.25, 0.3) is 0 Å². The molecule has 0 aliphatic carbocycles. The standard InChI is InChI=1S/C14H28N2/c1-11(2)6-15-7-13-8-16(12(3)4)10-14(13,5)9-15/h11-13H,6-10H2,1-5H3. The monoisotopic (exact) mass is 224 g/mol. The summed E-state index contributed by atoms with van der Waals surface area (Å²) in [7, 11) is 0. The van der Waals surface area contributed by atoms with Gasteiger partial charge in [0.05, 0.1) is 0 Å². The van der Waals surface area contributed by atoms with E-state index in [1.165, 1.54) is 32.7 Å². The van der Waals surface area contributed by atoms with Gasteiger partial charge in [-0.3, -0.25) is 4.90 Å². The Balaban J connectivity index is 1.95. The second-order valence-electron chi connectivity index (χ2n) is 6.96. The van der Waals surface area contributed by atoms with E-state index in [2.05, 4.69) is 44.4 Å².